The Morgan fingerprint density at radius 2 is 1.71 bits per heavy atom. The smallest absolute Gasteiger partial charge is 0.405 e. The van der Waals surface area contributed by atoms with Crippen LogP contribution in [0.25, 0.3) is 0 Å². The summed E-state index contributed by atoms with van der Waals surface area (Å²) in [5.74, 6) is 0.0216. The van der Waals surface area contributed by atoms with Gasteiger partial charge in [-0.2, -0.15) is 0 Å². The second-order valence-corrected chi connectivity index (χ2v) is 6.10. The predicted octanol–water partition coefficient (Wildman–Crippen LogP) is 3.51. The Morgan fingerprint density at radius 3 is 2.24 bits per heavy atom. The standard InChI is InChI=1S/C16H32N2O3/c1-5-7-9-10-12-14(19)18-13(11-8-6-2)16(3,4)21-15(17)20/h13H,5-12H2,1-4H3,(H2,17,20)(H,18,19). The average molecular weight is 300 g/mol. The Hall–Kier alpha value is -1.26. The third-order valence-electron chi connectivity index (χ3n) is 3.64. The molecule has 0 aliphatic rings. The molecule has 0 saturated heterocycles. The lowest BCUT2D eigenvalue weighted by Gasteiger charge is -2.34. The Kier molecular flexibility index (Phi) is 9.84. The second kappa shape index (κ2) is 10.5. The van der Waals surface area contributed by atoms with Crippen LogP contribution in [0, 0.1) is 0 Å². The quantitative estimate of drug-likeness (QED) is 0.573. The first-order valence-electron chi connectivity index (χ1n) is 8.11. The summed E-state index contributed by atoms with van der Waals surface area (Å²) in [4.78, 5) is 23.0. The number of carbonyl (C=O) groups excluding carboxylic acids is 2. The third kappa shape index (κ3) is 9.32. The number of nitrogens with one attached hydrogen (secondary N) is 1. The molecular formula is C16H32N2O3. The summed E-state index contributed by atoms with van der Waals surface area (Å²) in [6.45, 7) is 7.81. The van der Waals surface area contributed by atoms with Crippen molar-refractivity contribution in [3.63, 3.8) is 0 Å². The van der Waals surface area contributed by atoms with Gasteiger partial charge in [0.15, 0.2) is 0 Å². The first kappa shape index (κ1) is 19.7. The molecule has 0 spiro atoms. The van der Waals surface area contributed by atoms with Crippen LogP contribution < -0.4 is 11.1 Å². The van der Waals surface area contributed by atoms with Gasteiger partial charge in [0.1, 0.15) is 5.60 Å². The summed E-state index contributed by atoms with van der Waals surface area (Å²) >= 11 is 0. The number of hydrogen-bond donors (Lipinski definition) is 2. The van der Waals surface area contributed by atoms with E-state index in [9.17, 15) is 9.59 Å². The second-order valence-electron chi connectivity index (χ2n) is 6.10. The number of ether oxygens (including phenoxy) is 1. The molecule has 21 heavy (non-hydrogen) atoms. The highest BCUT2D eigenvalue weighted by Gasteiger charge is 2.33. The molecule has 3 N–H and O–H groups in total. The molecule has 0 rings (SSSR count). The van der Waals surface area contributed by atoms with Gasteiger partial charge in [-0.15, -0.1) is 0 Å². The molecule has 0 radical (unpaired) electrons. The van der Waals surface area contributed by atoms with Crippen molar-refractivity contribution in [1.29, 1.82) is 0 Å². The van der Waals surface area contributed by atoms with Crippen LogP contribution in [0.5, 0.6) is 0 Å². The van der Waals surface area contributed by atoms with Crippen LogP contribution in [-0.4, -0.2) is 23.6 Å². The van der Waals surface area contributed by atoms with E-state index < -0.39 is 11.7 Å². The predicted molar refractivity (Wildman–Crippen MR) is 85.0 cm³/mol. The summed E-state index contributed by atoms with van der Waals surface area (Å²) in [6, 6.07) is -0.205. The minimum atomic E-state index is -0.807. The first-order chi connectivity index (χ1) is 9.83. The van der Waals surface area contributed by atoms with Crippen LogP contribution in [0.4, 0.5) is 4.79 Å². The Labute approximate surface area is 129 Å². The highest BCUT2D eigenvalue weighted by Crippen LogP contribution is 2.20. The zero-order valence-electron chi connectivity index (χ0n) is 14.0. The lowest BCUT2D eigenvalue weighted by Crippen LogP contribution is -2.52. The van der Waals surface area contributed by atoms with Crippen LogP contribution >= 0.6 is 0 Å². The van der Waals surface area contributed by atoms with E-state index in [1.807, 2.05) is 0 Å². The number of primary amides is 1. The Bertz CT molecular complexity index is 317. The van der Waals surface area contributed by atoms with Crippen molar-refractivity contribution in [1.82, 2.24) is 5.32 Å². The molecule has 2 amide bonds. The van der Waals surface area contributed by atoms with E-state index in [1.165, 1.54) is 0 Å². The van der Waals surface area contributed by atoms with Crippen molar-refractivity contribution in [3.8, 4) is 0 Å². The molecule has 0 saturated carbocycles. The summed E-state index contributed by atoms with van der Waals surface area (Å²) < 4.78 is 5.16. The summed E-state index contributed by atoms with van der Waals surface area (Å²) in [7, 11) is 0. The molecule has 1 unspecified atom stereocenters. The van der Waals surface area contributed by atoms with Crippen LogP contribution in [0.2, 0.25) is 0 Å². The molecule has 0 fully saturated rings. The Balaban J connectivity index is 4.46. The zero-order chi connectivity index (χ0) is 16.3. The average Bonchev–Trinajstić information content (AvgIpc) is 2.38. The molecule has 0 bridgehead atoms. The molecule has 0 aromatic heterocycles. The van der Waals surface area contributed by atoms with Gasteiger partial charge in [-0.1, -0.05) is 46.0 Å². The maximum absolute atomic E-state index is 12.0. The van der Waals surface area contributed by atoms with Gasteiger partial charge in [0.25, 0.3) is 0 Å². The van der Waals surface area contributed by atoms with Crippen LogP contribution in [0.1, 0.15) is 79.1 Å². The third-order valence-corrected chi connectivity index (χ3v) is 3.64. The molecule has 0 aromatic carbocycles. The van der Waals surface area contributed by atoms with Crippen molar-refractivity contribution < 1.29 is 14.3 Å². The van der Waals surface area contributed by atoms with Gasteiger partial charge >= 0.3 is 6.09 Å². The van der Waals surface area contributed by atoms with Gasteiger partial charge in [-0.25, -0.2) is 4.79 Å². The molecule has 5 nitrogen and oxygen atoms in total. The van der Waals surface area contributed by atoms with Crippen molar-refractivity contribution >= 4 is 12.0 Å². The van der Waals surface area contributed by atoms with E-state index in [1.54, 1.807) is 13.8 Å². The van der Waals surface area contributed by atoms with Gasteiger partial charge in [0.05, 0.1) is 6.04 Å². The number of carbonyl (C=O) groups is 2. The lowest BCUT2D eigenvalue weighted by atomic mass is 9.93. The SMILES string of the molecule is CCCCCCC(=O)NC(CCCC)C(C)(C)OC(N)=O. The molecule has 5 heteroatoms. The van der Waals surface area contributed by atoms with Crippen LogP contribution in [-0.2, 0) is 9.53 Å². The van der Waals surface area contributed by atoms with Crippen LogP contribution in [0.3, 0.4) is 0 Å². The number of unbranched alkanes of at least 4 members (excludes halogenated alkanes) is 4. The molecular weight excluding hydrogens is 268 g/mol. The van der Waals surface area contributed by atoms with Crippen molar-refractivity contribution in [2.45, 2.75) is 90.7 Å². The fourth-order valence-electron chi connectivity index (χ4n) is 2.31. The van der Waals surface area contributed by atoms with E-state index >= 15 is 0 Å². The summed E-state index contributed by atoms with van der Waals surface area (Å²) in [5, 5.41) is 3.00. The fraction of sp³-hybridized carbons (Fsp3) is 0.875. The topological polar surface area (TPSA) is 81.4 Å². The maximum Gasteiger partial charge on any atom is 0.405 e. The highest BCUT2D eigenvalue weighted by molar-refractivity contribution is 5.76. The first-order valence-corrected chi connectivity index (χ1v) is 8.11. The normalized spacial score (nSPS) is 12.8. The molecule has 0 heterocycles. The van der Waals surface area contributed by atoms with E-state index in [4.69, 9.17) is 10.5 Å². The highest BCUT2D eigenvalue weighted by atomic mass is 16.6. The van der Waals surface area contributed by atoms with E-state index in [2.05, 4.69) is 19.2 Å². The number of nitrogens with two attached hydrogens (primary N) is 1. The van der Waals surface area contributed by atoms with Crippen molar-refractivity contribution in [2.24, 2.45) is 5.73 Å². The summed E-state index contributed by atoms with van der Waals surface area (Å²) in [5.41, 5.74) is 4.32. The summed E-state index contributed by atoms with van der Waals surface area (Å²) in [6.07, 6.45) is 6.76. The lowest BCUT2D eigenvalue weighted by molar-refractivity contribution is -0.124. The molecule has 0 aliphatic carbocycles. The van der Waals surface area contributed by atoms with Crippen molar-refractivity contribution in [2.75, 3.05) is 0 Å². The largest absolute Gasteiger partial charge is 0.441 e. The zero-order valence-corrected chi connectivity index (χ0v) is 14.0. The minimum absolute atomic E-state index is 0.0216. The number of hydrogen-bond acceptors (Lipinski definition) is 3. The Morgan fingerprint density at radius 1 is 1.10 bits per heavy atom. The van der Waals surface area contributed by atoms with E-state index in [0.29, 0.717) is 6.42 Å². The van der Waals surface area contributed by atoms with Gasteiger partial charge in [0, 0.05) is 6.42 Å². The van der Waals surface area contributed by atoms with Crippen molar-refractivity contribution in [3.05, 3.63) is 0 Å². The maximum atomic E-state index is 12.0. The van der Waals surface area contributed by atoms with Gasteiger partial charge in [-0.05, 0) is 26.7 Å². The van der Waals surface area contributed by atoms with E-state index in [-0.39, 0.29) is 11.9 Å². The van der Waals surface area contributed by atoms with Gasteiger partial charge < -0.3 is 15.8 Å². The minimum Gasteiger partial charge on any atom is -0.441 e. The van der Waals surface area contributed by atoms with Gasteiger partial charge in [0.2, 0.25) is 5.91 Å². The van der Waals surface area contributed by atoms with Gasteiger partial charge in [-0.3, -0.25) is 4.79 Å². The van der Waals surface area contributed by atoms with Crippen LogP contribution in [0.15, 0.2) is 0 Å². The van der Waals surface area contributed by atoms with E-state index in [0.717, 1.165) is 44.9 Å². The molecule has 1 atom stereocenters. The number of rotatable bonds is 11. The molecule has 0 aliphatic heterocycles. The number of amides is 2. The molecule has 0 aromatic rings. The molecule has 124 valence electrons. The fourth-order valence-corrected chi connectivity index (χ4v) is 2.31. The monoisotopic (exact) mass is 300 g/mol.